The average Bonchev–Trinajstić information content (AvgIpc) is 2.91. The van der Waals surface area contributed by atoms with Gasteiger partial charge in [0.25, 0.3) is 15.9 Å². The molecule has 0 spiro atoms. The molecule has 1 aromatic heterocycles. The summed E-state index contributed by atoms with van der Waals surface area (Å²) in [5, 5.41) is 0. The lowest BCUT2D eigenvalue weighted by Crippen LogP contribution is -2.30. The third kappa shape index (κ3) is 4.62. The summed E-state index contributed by atoms with van der Waals surface area (Å²) in [6.07, 6.45) is 1.28. The Morgan fingerprint density at radius 1 is 1.25 bits per heavy atom. The van der Waals surface area contributed by atoms with E-state index in [4.69, 9.17) is 5.73 Å². The second kappa shape index (κ2) is 7.54. The molecule has 0 aliphatic heterocycles. The first-order chi connectivity index (χ1) is 11.3. The number of nitrogens with one attached hydrogen (secondary N) is 1. The van der Waals surface area contributed by atoms with Crippen LogP contribution in [0.25, 0.3) is 0 Å². The van der Waals surface area contributed by atoms with Gasteiger partial charge in [-0.3, -0.25) is 9.59 Å². The molecule has 0 aliphatic carbocycles. The van der Waals surface area contributed by atoms with Crippen LogP contribution >= 0.6 is 11.8 Å². The maximum atomic E-state index is 12.2. The summed E-state index contributed by atoms with van der Waals surface area (Å²) in [7, 11) is -2.53. The zero-order valence-corrected chi connectivity index (χ0v) is 14.6. The number of rotatable bonds is 7. The normalized spacial score (nSPS) is 11.2. The van der Waals surface area contributed by atoms with Crippen LogP contribution in [0.2, 0.25) is 0 Å². The lowest BCUT2D eigenvalue weighted by atomic mass is 10.4. The van der Waals surface area contributed by atoms with E-state index in [1.165, 1.54) is 29.6 Å². The molecule has 7 nitrogen and oxygen atoms in total. The number of thioether (sulfide) groups is 1. The molecule has 0 saturated heterocycles. The topological polar surface area (TPSA) is 111 Å². The molecule has 0 radical (unpaired) electrons. The molecular weight excluding hydrogens is 350 g/mol. The highest BCUT2D eigenvalue weighted by atomic mass is 32.2. The molecule has 0 unspecified atom stereocenters. The van der Waals surface area contributed by atoms with Crippen LogP contribution in [0.15, 0.2) is 52.4 Å². The number of sulfonamides is 1. The number of hydrogen-bond acceptors (Lipinski definition) is 5. The lowest BCUT2D eigenvalue weighted by Gasteiger charge is -2.05. The summed E-state index contributed by atoms with van der Waals surface area (Å²) in [5.41, 5.74) is 5.19. The number of nitrogens with zero attached hydrogens (tertiary/aromatic N) is 1. The molecule has 0 saturated carbocycles. The largest absolute Gasteiger partial charge is 0.364 e. The summed E-state index contributed by atoms with van der Waals surface area (Å²) in [4.78, 5) is 23.8. The second-order valence-electron chi connectivity index (χ2n) is 4.98. The highest BCUT2D eigenvalue weighted by Gasteiger charge is 2.21. The smallest absolute Gasteiger partial charge is 0.265 e. The number of nitrogens with two attached hydrogens (primary N) is 1. The van der Waals surface area contributed by atoms with Crippen LogP contribution in [0.3, 0.4) is 0 Å². The van der Waals surface area contributed by atoms with Gasteiger partial charge in [0.2, 0.25) is 5.91 Å². The third-order valence-corrected chi connectivity index (χ3v) is 5.49. The van der Waals surface area contributed by atoms with E-state index >= 15 is 0 Å². The minimum atomic E-state index is -4.03. The van der Waals surface area contributed by atoms with Crippen molar-refractivity contribution in [1.29, 1.82) is 0 Å². The SMILES string of the molecule is Cn1cc(S(=O)(=O)NC(=O)CCSc2ccccc2)cc1C(N)=O. The molecule has 2 rings (SSSR count). The Bertz CT molecular complexity index is 845. The van der Waals surface area contributed by atoms with Gasteiger partial charge in [0.1, 0.15) is 10.6 Å². The fraction of sp³-hybridized carbons (Fsp3) is 0.200. The monoisotopic (exact) mass is 367 g/mol. The van der Waals surface area contributed by atoms with Crippen molar-refractivity contribution in [2.75, 3.05) is 5.75 Å². The minimum absolute atomic E-state index is 0.0439. The highest BCUT2D eigenvalue weighted by Crippen LogP contribution is 2.18. The van der Waals surface area contributed by atoms with Crippen LogP contribution in [0.5, 0.6) is 0 Å². The quantitative estimate of drug-likeness (QED) is 0.712. The second-order valence-corrected chi connectivity index (χ2v) is 7.83. The molecular formula is C15H17N3O4S2. The third-order valence-electron chi connectivity index (χ3n) is 3.13. The van der Waals surface area contributed by atoms with E-state index in [1.54, 1.807) is 0 Å². The van der Waals surface area contributed by atoms with Gasteiger partial charge in [0.15, 0.2) is 0 Å². The van der Waals surface area contributed by atoms with Gasteiger partial charge in [-0.15, -0.1) is 11.8 Å². The number of carbonyl (C=O) groups is 2. The van der Waals surface area contributed by atoms with Gasteiger partial charge in [0.05, 0.1) is 0 Å². The van der Waals surface area contributed by atoms with Crippen molar-refractivity contribution >= 4 is 33.6 Å². The van der Waals surface area contributed by atoms with E-state index in [2.05, 4.69) is 0 Å². The number of hydrogen-bond donors (Lipinski definition) is 2. The number of aromatic nitrogens is 1. The van der Waals surface area contributed by atoms with Gasteiger partial charge in [-0.05, 0) is 18.2 Å². The Labute approximate surface area is 144 Å². The molecule has 0 bridgehead atoms. The first-order valence-corrected chi connectivity index (χ1v) is 9.46. The first kappa shape index (κ1) is 18.1. The molecule has 3 N–H and O–H groups in total. The van der Waals surface area contributed by atoms with E-state index in [9.17, 15) is 18.0 Å². The Kier molecular flexibility index (Phi) is 5.68. The number of aryl methyl sites for hydroxylation is 1. The van der Waals surface area contributed by atoms with E-state index < -0.39 is 21.8 Å². The van der Waals surface area contributed by atoms with E-state index in [0.29, 0.717) is 5.75 Å². The average molecular weight is 367 g/mol. The number of primary amides is 1. The van der Waals surface area contributed by atoms with Crippen molar-refractivity contribution in [3.05, 3.63) is 48.3 Å². The molecule has 1 heterocycles. The number of benzene rings is 1. The molecule has 24 heavy (non-hydrogen) atoms. The summed E-state index contributed by atoms with van der Waals surface area (Å²) in [6, 6.07) is 10.6. The van der Waals surface area contributed by atoms with E-state index in [0.717, 1.165) is 11.0 Å². The van der Waals surface area contributed by atoms with Crippen LogP contribution in [0.1, 0.15) is 16.9 Å². The van der Waals surface area contributed by atoms with Gasteiger partial charge in [-0.2, -0.15) is 0 Å². The van der Waals surface area contributed by atoms with Crippen molar-refractivity contribution in [3.8, 4) is 0 Å². The van der Waals surface area contributed by atoms with Crippen molar-refractivity contribution in [2.24, 2.45) is 12.8 Å². The fourth-order valence-electron chi connectivity index (χ4n) is 1.96. The van der Waals surface area contributed by atoms with Crippen molar-refractivity contribution < 1.29 is 18.0 Å². The summed E-state index contributed by atoms with van der Waals surface area (Å²) < 4.78 is 27.6. The summed E-state index contributed by atoms with van der Waals surface area (Å²) in [5.74, 6) is -0.903. The molecule has 0 aliphatic rings. The predicted molar refractivity (Wildman–Crippen MR) is 91.0 cm³/mol. The zero-order chi connectivity index (χ0) is 17.7. The van der Waals surface area contributed by atoms with Crippen LogP contribution in [0, 0.1) is 0 Å². The van der Waals surface area contributed by atoms with Crippen LogP contribution in [0.4, 0.5) is 0 Å². The predicted octanol–water partition coefficient (Wildman–Crippen LogP) is 1.11. The Balaban J connectivity index is 1.95. The van der Waals surface area contributed by atoms with Crippen LogP contribution < -0.4 is 10.5 Å². The van der Waals surface area contributed by atoms with Gasteiger partial charge < -0.3 is 10.3 Å². The maximum absolute atomic E-state index is 12.2. The van der Waals surface area contributed by atoms with Crippen molar-refractivity contribution in [2.45, 2.75) is 16.2 Å². The Hall–Kier alpha value is -2.26. The first-order valence-electron chi connectivity index (χ1n) is 6.99. The van der Waals surface area contributed by atoms with Crippen molar-refractivity contribution in [3.63, 3.8) is 0 Å². The van der Waals surface area contributed by atoms with E-state index in [-0.39, 0.29) is 17.0 Å². The van der Waals surface area contributed by atoms with Gasteiger partial charge >= 0.3 is 0 Å². The molecule has 0 fully saturated rings. The lowest BCUT2D eigenvalue weighted by molar-refractivity contribution is -0.118. The Morgan fingerprint density at radius 3 is 2.50 bits per heavy atom. The van der Waals surface area contributed by atoms with Gasteiger partial charge in [0, 0.05) is 30.3 Å². The molecule has 128 valence electrons. The molecule has 1 aromatic carbocycles. The fourth-order valence-corrected chi connectivity index (χ4v) is 3.92. The van der Waals surface area contributed by atoms with Crippen LogP contribution in [-0.2, 0) is 21.9 Å². The van der Waals surface area contributed by atoms with Gasteiger partial charge in [-0.25, -0.2) is 13.1 Å². The number of amides is 2. The van der Waals surface area contributed by atoms with Gasteiger partial charge in [-0.1, -0.05) is 18.2 Å². The number of carbonyl (C=O) groups excluding carboxylic acids is 2. The summed E-state index contributed by atoms with van der Waals surface area (Å²) in [6.45, 7) is 0. The minimum Gasteiger partial charge on any atom is -0.364 e. The summed E-state index contributed by atoms with van der Waals surface area (Å²) >= 11 is 1.46. The zero-order valence-electron chi connectivity index (χ0n) is 12.9. The molecule has 2 aromatic rings. The standard InChI is InChI=1S/C15H17N3O4S2/c1-18-10-12(9-13(18)15(16)20)24(21,22)17-14(19)7-8-23-11-5-3-2-4-6-11/h2-6,9-10H,7-8H2,1H3,(H2,16,20)(H,17,19). The molecule has 2 amide bonds. The maximum Gasteiger partial charge on any atom is 0.265 e. The van der Waals surface area contributed by atoms with E-state index in [1.807, 2.05) is 35.1 Å². The van der Waals surface area contributed by atoms with Crippen molar-refractivity contribution in [1.82, 2.24) is 9.29 Å². The Morgan fingerprint density at radius 2 is 1.92 bits per heavy atom. The van der Waals surface area contributed by atoms with Crippen LogP contribution in [-0.4, -0.2) is 30.6 Å². The molecule has 0 atom stereocenters. The highest BCUT2D eigenvalue weighted by molar-refractivity contribution is 7.99. The molecule has 9 heteroatoms.